The molecule has 0 aliphatic heterocycles. The maximum absolute atomic E-state index is 12.8. The highest BCUT2D eigenvalue weighted by molar-refractivity contribution is 5.93. The van der Waals surface area contributed by atoms with Crippen LogP contribution < -0.4 is 16.0 Å². The SMILES string of the molecule is CCOC(=O)[C@@H](NC(=O)[C@H](CCC(=O)O)NC(=O)[C@H](C)NC(=O)OCc1ccccc1)C(C)C. The summed E-state index contributed by atoms with van der Waals surface area (Å²) in [5.74, 6) is -3.56. The molecule has 0 radical (unpaired) electrons. The molecule has 0 unspecified atom stereocenters. The summed E-state index contributed by atoms with van der Waals surface area (Å²) in [5.41, 5.74) is 0.765. The van der Waals surface area contributed by atoms with E-state index in [0.717, 1.165) is 5.56 Å². The van der Waals surface area contributed by atoms with E-state index in [2.05, 4.69) is 16.0 Å². The van der Waals surface area contributed by atoms with E-state index in [1.54, 1.807) is 45.0 Å². The molecule has 188 valence electrons. The normalized spacial score (nSPS) is 13.2. The first-order valence-electron chi connectivity index (χ1n) is 11.0. The summed E-state index contributed by atoms with van der Waals surface area (Å²) >= 11 is 0. The van der Waals surface area contributed by atoms with Gasteiger partial charge in [0.05, 0.1) is 6.61 Å². The minimum Gasteiger partial charge on any atom is -0.481 e. The molecule has 1 aromatic carbocycles. The van der Waals surface area contributed by atoms with E-state index in [-0.39, 0.29) is 25.6 Å². The van der Waals surface area contributed by atoms with Crippen LogP contribution in [0.1, 0.15) is 46.1 Å². The van der Waals surface area contributed by atoms with Crippen LogP contribution >= 0.6 is 0 Å². The van der Waals surface area contributed by atoms with Gasteiger partial charge in [0.1, 0.15) is 24.7 Å². The highest BCUT2D eigenvalue weighted by atomic mass is 16.5. The molecule has 0 aliphatic carbocycles. The fourth-order valence-corrected chi connectivity index (χ4v) is 2.82. The van der Waals surface area contributed by atoms with Crippen LogP contribution in [-0.4, -0.2) is 59.7 Å². The third-order valence-electron chi connectivity index (χ3n) is 4.73. The zero-order valence-electron chi connectivity index (χ0n) is 19.8. The number of carboxylic acids is 1. The number of carbonyl (C=O) groups is 5. The van der Waals surface area contributed by atoms with Gasteiger partial charge in [-0.2, -0.15) is 0 Å². The Morgan fingerprint density at radius 2 is 1.56 bits per heavy atom. The molecule has 3 atom stereocenters. The summed E-state index contributed by atoms with van der Waals surface area (Å²) in [6, 6.07) is 5.66. The molecule has 11 nitrogen and oxygen atoms in total. The van der Waals surface area contributed by atoms with Gasteiger partial charge in [-0.25, -0.2) is 9.59 Å². The second-order valence-electron chi connectivity index (χ2n) is 7.90. The summed E-state index contributed by atoms with van der Waals surface area (Å²) in [7, 11) is 0. The highest BCUT2D eigenvalue weighted by Crippen LogP contribution is 2.07. The Morgan fingerprint density at radius 1 is 0.912 bits per heavy atom. The molecule has 0 aromatic heterocycles. The number of benzene rings is 1. The number of ether oxygens (including phenoxy) is 2. The number of rotatable bonds is 13. The lowest BCUT2D eigenvalue weighted by atomic mass is 10.0. The first-order valence-corrected chi connectivity index (χ1v) is 11.0. The number of amides is 3. The van der Waals surface area contributed by atoms with E-state index in [1.165, 1.54) is 6.92 Å². The second kappa shape index (κ2) is 14.5. The molecule has 1 rings (SSSR count). The van der Waals surface area contributed by atoms with Gasteiger partial charge >= 0.3 is 18.0 Å². The number of hydrogen-bond acceptors (Lipinski definition) is 7. The molecule has 3 amide bonds. The summed E-state index contributed by atoms with van der Waals surface area (Å²) < 4.78 is 10.0. The monoisotopic (exact) mass is 479 g/mol. The highest BCUT2D eigenvalue weighted by Gasteiger charge is 2.31. The van der Waals surface area contributed by atoms with Crippen LogP contribution in [0.15, 0.2) is 30.3 Å². The van der Waals surface area contributed by atoms with Gasteiger partial charge in [-0.15, -0.1) is 0 Å². The van der Waals surface area contributed by atoms with Gasteiger partial charge in [0.25, 0.3) is 0 Å². The minimum atomic E-state index is -1.25. The van der Waals surface area contributed by atoms with Gasteiger partial charge in [0.15, 0.2) is 0 Å². The molecule has 4 N–H and O–H groups in total. The smallest absolute Gasteiger partial charge is 0.408 e. The van der Waals surface area contributed by atoms with Gasteiger partial charge in [-0.1, -0.05) is 44.2 Å². The lowest BCUT2D eigenvalue weighted by Crippen LogP contribution is -2.56. The van der Waals surface area contributed by atoms with Crippen LogP contribution in [0, 0.1) is 5.92 Å². The Kier molecular flexibility index (Phi) is 12.1. The molecule has 0 fully saturated rings. The molecule has 34 heavy (non-hydrogen) atoms. The van der Waals surface area contributed by atoms with Crippen LogP contribution in [0.3, 0.4) is 0 Å². The third kappa shape index (κ3) is 10.3. The first kappa shape index (κ1) is 28.4. The summed E-state index contributed by atoms with van der Waals surface area (Å²) in [4.78, 5) is 60.5. The molecule has 0 saturated carbocycles. The lowest BCUT2D eigenvalue weighted by Gasteiger charge is -2.25. The molecule has 0 aliphatic rings. The van der Waals surface area contributed by atoms with Crippen molar-refractivity contribution < 1.29 is 38.6 Å². The van der Waals surface area contributed by atoms with Crippen LogP contribution in [0.5, 0.6) is 0 Å². The van der Waals surface area contributed by atoms with Gasteiger partial charge in [0, 0.05) is 6.42 Å². The van der Waals surface area contributed by atoms with Crippen molar-refractivity contribution in [2.45, 2.75) is 65.3 Å². The third-order valence-corrected chi connectivity index (χ3v) is 4.73. The van der Waals surface area contributed by atoms with Crippen molar-refractivity contribution in [1.82, 2.24) is 16.0 Å². The summed E-state index contributed by atoms with van der Waals surface area (Å²) in [6.07, 6.45) is -1.45. The molecule has 0 spiro atoms. The molecular weight excluding hydrogens is 446 g/mol. The average Bonchev–Trinajstić information content (AvgIpc) is 2.78. The minimum absolute atomic E-state index is 0.00903. The Bertz CT molecular complexity index is 844. The summed E-state index contributed by atoms with van der Waals surface area (Å²) in [6.45, 7) is 6.57. The van der Waals surface area contributed by atoms with Crippen LogP contribution in [-0.2, 0) is 35.3 Å². The molecule has 0 saturated heterocycles. The number of carboxylic acid groups (broad SMARTS) is 1. The van der Waals surface area contributed by atoms with Crippen molar-refractivity contribution >= 4 is 29.8 Å². The molecule has 1 aromatic rings. The Labute approximate surface area is 198 Å². The van der Waals surface area contributed by atoms with E-state index in [1.807, 2.05) is 6.07 Å². The number of hydrogen-bond donors (Lipinski definition) is 4. The number of esters is 1. The van der Waals surface area contributed by atoms with E-state index >= 15 is 0 Å². The van der Waals surface area contributed by atoms with E-state index in [0.29, 0.717) is 0 Å². The zero-order valence-corrected chi connectivity index (χ0v) is 19.8. The number of nitrogens with one attached hydrogen (secondary N) is 3. The predicted molar refractivity (Wildman–Crippen MR) is 121 cm³/mol. The average molecular weight is 480 g/mol. The van der Waals surface area contributed by atoms with Gasteiger partial charge in [-0.05, 0) is 31.7 Å². The Morgan fingerprint density at radius 3 is 2.12 bits per heavy atom. The van der Waals surface area contributed by atoms with Crippen molar-refractivity contribution in [3.8, 4) is 0 Å². The van der Waals surface area contributed by atoms with Crippen molar-refractivity contribution in [3.05, 3.63) is 35.9 Å². The van der Waals surface area contributed by atoms with Crippen molar-refractivity contribution in [3.63, 3.8) is 0 Å². The maximum atomic E-state index is 12.8. The Hall–Kier alpha value is -3.63. The lowest BCUT2D eigenvalue weighted by molar-refractivity contribution is -0.149. The van der Waals surface area contributed by atoms with Crippen molar-refractivity contribution in [2.75, 3.05) is 6.61 Å². The summed E-state index contributed by atoms with van der Waals surface area (Å²) in [5, 5.41) is 16.3. The van der Waals surface area contributed by atoms with Gasteiger partial charge < -0.3 is 30.5 Å². The van der Waals surface area contributed by atoms with E-state index < -0.39 is 54.4 Å². The van der Waals surface area contributed by atoms with Crippen LogP contribution in [0.2, 0.25) is 0 Å². The Balaban J connectivity index is 2.75. The quantitative estimate of drug-likeness (QED) is 0.309. The molecule has 0 bridgehead atoms. The topological polar surface area (TPSA) is 160 Å². The first-order chi connectivity index (χ1) is 16.0. The number of carbonyl (C=O) groups excluding carboxylic acids is 4. The number of alkyl carbamates (subject to hydrolysis) is 1. The van der Waals surface area contributed by atoms with Gasteiger partial charge in [0.2, 0.25) is 11.8 Å². The standard InChI is InChI=1S/C23H33N3O8/c1-5-33-22(31)19(14(2)3)26-21(30)17(11-12-18(27)28)25-20(29)15(4)24-23(32)34-13-16-9-7-6-8-10-16/h6-10,14-15,17,19H,5,11-13H2,1-4H3,(H,24,32)(H,25,29)(H,26,30)(H,27,28)/t15-,17-,19-/m0/s1. The number of aliphatic carboxylic acids is 1. The molecule has 0 heterocycles. The van der Waals surface area contributed by atoms with Gasteiger partial charge in [-0.3, -0.25) is 14.4 Å². The fraction of sp³-hybridized carbons (Fsp3) is 0.522. The molecule has 11 heteroatoms. The van der Waals surface area contributed by atoms with Crippen LogP contribution in [0.25, 0.3) is 0 Å². The van der Waals surface area contributed by atoms with Crippen LogP contribution in [0.4, 0.5) is 4.79 Å². The van der Waals surface area contributed by atoms with E-state index in [9.17, 15) is 24.0 Å². The largest absolute Gasteiger partial charge is 0.481 e. The maximum Gasteiger partial charge on any atom is 0.408 e. The fourth-order valence-electron chi connectivity index (χ4n) is 2.82. The second-order valence-corrected chi connectivity index (χ2v) is 7.90. The zero-order chi connectivity index (χ0) is 25.7. The van der Waals surface area contributed by atoms with Crippen molar-refractivity contribution in [1.29, 1.82) is 0 Å². The predicted octanol–water partition coefficient (Wildman–Crippen LogP) is 1.35. The van der Waals surface area contributed by atoms with Crippen molar-refractivity contribution in [2.24, 2.45) is 5.92 Å². The van der Waals surface area contributed by atoms with E-state index in [4.69, 9.17) is 14.6 Å². The molecular formula is C23H33N3O8.